The second-order valence-electron chi connectivity index (χ2n) is 6.60. The van der Waals surface area contributed by atoms with Gasteiger partial charge in [-0.15, -0.1) is 0 Å². The molecule has 0 bridgehead atoms. The van der Waals surface area contributed by atoms with E-state index in [1.165, 1.54) is 21.3 Å². The van der Waals surface area contributed by atoms with Crippen LogP contribution in [0.1, 0.15) is 12.0 Å². The lowest BCUT2D eigenvalue weighted by molar-refractivity contribution is -0.122. The SMILES string of the molecule is COc1cc(NC(=O)[C@@H]2CC(=O)N(c3ccccc3C)C2)cc(OC)c1OC. The number of methoxy groups -OCH3 is 3. The normalized spacial score (nSPS) is 16.1. The van der Waals surface area contributed by atoms with Gasteiger partial charge in [0.1, 0.15) is 0 Å². The van der Waals surface area contributed by atoms with Crippen molar-refractivity contribution in [1.82, 2.24) is 0 Å². The minimum Gasteiger partial charge on any atom is -0.493 e. The average Bonchev–Trinajstić information content (AvgIpc) is 3.09. The molecule has 28 heavy (non-hydrogen) atoms. The number of carbonyl (C=O) groups excluding carboxylic acids is 2. The highest BCUT2D eigenvalue weighted by molar-refractivity contribution is 6.04. The van der Waals surface area contributed by atoms with Crippen LogP contribution < -0.4 is 24.4 Å². The van der Waals surface area contributed by atoms with E-state index in [2.05, 4.69) is 5.32 Å². The maximum absolute atomic E-state index is 12.8. The number of nitrogens with zero attached hydrogens (tertiary/aromatic N) is 1. The van der Waals surface area contributed by atoms with Crippen LogP contribution in [0.4, 0.5) is 11.4 Å². The fraction of sp³-hybridized carbons (Fsp3) is 0.333. The fourth-order valence-corrected chi connectivity index (χ4v) is 3.38. The van der Waals surface area contributed by atoms with Crippen molar-refractivity contribution < 1.29 is 23.8 Å². The number of benzene rings is 2. The number of anilines is 2. The Hall–Kier alpha value is -3.22. The minimum absolute atomic E-state index is 0.0562. The van der Waals surface area contributed by atoms with Crippen molar-refractivity contribution in [2.45, 2.75) is 13.3 Å². The predicted molar refractivity (Wildman–Crippen MR) is 106 cm³/mol. The molecule has 7 heteroatoms. The van der Waals surface area contributed by atoms with Crippen LogP contribution in [-0.2, 0) is 9.59 Å². The van der Waals surface area contributed by atoms with Crippen molar-refractivity contribution in [3.63, 3.8) is 0 Å². The molecule has 3 rings (SSSR count). The Balaban J connectivity index is 1.77. The third kappa shape index (κ3) is 3.74. The maximum Gasteiger partial charge on any atom is 0.229 e. The first-order valence-corrected chi connectivity index (χ1v) is 8.95. The van der Waals surface area contributed by atoms with Crippen LogP contribution in [0.25, 0.3) is 0 Å². The summed E-state index contributed by atoms with van der Waals surface area (Å²) in [5.74, 6) is 0.622. The molecule has 1 aliphatic rings. The van der Waals surface area contributed by atoms with E-state index in [9.17, 15) is 9.59 Å². The van der Waals surface area contributed by atoms with Crippen molar-refractivity contribution in [2.24, 2.45) is 5.92 Å². The second kappa shape index (κ2) is 8.21. The Labute approximate surface area is 164 Å². The number of nitrogens with one attached hydrogen (secondary N) is 1. The van der Waals surface area contributed by atoms with E-state index in [1.807, 2.05) is 31.2 Å². The van der Waals surface area contributed by atoms with Crippen LogP contribution in [0.5, 0.6) is 17.2 Å². The van der Waals surface area contributed by atoms with E-state index in [0.717, 1.165) is 11.3 Å². The number of ether oxygens (including phenoxy) is 3. The molecular formula is C21H24N2O5. The van der Waals surface area contributed by atoms with Gasteiger partial charge < -0.3 is 24.4 Å². The molecule has 1 saturated heterocycles. The van der Waals surface area contributed by atoms with Gasteiger partial charge in [-0.2, -0.15) is 0 Å². The van der Waals surface area contributed by atoms with Gasteiger partial charge in [0.2, 0.25) is 17.6 Å². The van der Waals surface area contributed by atoms with E-state index < -0.39 is 5.92 Å². The predicted octanol–water partition coefficient (Wildman–Crippen LogP) is 3.01. The second-order valence-corrected chi connectivity index (χ2v) is 6.60. The molecule has 0 saturated carbocycles. The molecule has 1 atom stereocenters. The van der Waals surface area contributed by atoms with Crippen molar-refractivity contribution in [3.05, 3.63) is 42.0 Å². The lowest BCUT2D eigenvalue weighted by atomic mass is 10.1. The summed E-state index contributed by atoms with van der Waals surface area (Å²) < 4.78 is 15.9. The Morgan fingerprint density at radius 2 is 1.71 bits per heavy atom. The van der Waals surface area contributed by atoms with Gasteiger partial charge in [0.05, 0.1) is 27.2 Å². The molecule has 2 aromatic rings. The zero-order valence-electron chi connectivity index (χ0n) is 16.4. The fourth-order valence-electron chi connectivity index (χ4n) is 3.38. The van der Waals surface area contributed by atoms with Crippen molar-refractivity contribution in [2.75, 3.05) is 38.1 Å². The molecule has 0 aromatic heterocycles. The van der Waals surface area contributed by atoms with Crippen LogP contribution in [0.2, 0.25) is 0 Å². The molecule has 0 spiro atoms. The van der Waals surface area contributed by atoms with Gasteiger partial charge in [-0.05, 0) is 18.6 Å². The molecule has 1 heterocycles. The number of aryl methyl sites for hydroxylation is 1. The molecule has 1 N–H and O–H groups in total. The number of rotatable bonds is 6. The first-order chi connectivity index (χ1) is 13.5. The lowest BCUT2D eigenvalue weighted by Crippen LogP contribution is -2.28. The van der Waals surface area contributed by atoms with Crippen LogP contribution in [0, 0.1) is 12.8 Å². The molecule has 2 aromatic carbocycles. The summed E-state index contributed by atoms with van der Waals surface area (Å²) in [4.78, 5) is 26.9. The van der Waals surface area contributed by atoms with Gasteiger partial charge in [0.15, 0.2) is 11.5 Å². The highest BCUT2D eigenvalue weighted by Crippen LogP contribution is 2.40. The van der Waals surface area contributed by atoms with Crippen molar-refractivity contribution >= 4 is 23.2 Å². The summed E-state index contributed by atoms with van der Waals surface area (Å²) >= 11 is 0. The Bertz CT molecular complexity index is 871. The summed E-state index contributed by atoms with van der Waals surface area (Å²) in [5.41, 5.74) is 2.36. The Kier molecular flexibility index (Phi) is 5.73. The van der Waals surface area contributed by atoms with Gasteiger partial charge in [-0.25, -0.2) is 0 Å². The van der Waals surface area contributed by atoms with Gasteiger partial charge >= 0.3 is 0 Å². The summed E-state index contributed by atoms with van der Waals surface area (Å²) in [5, 5.41) is 2.86. The molecule has 1 fully saturated rings. The van der Waals surface area contributed by atoms with Crippen molar-refractivity contribution in [1.29, 1.82) is 0 Å². The summed E-state index contributed by atoms with van der Waals surface area (Å²) in [6.07, 6.45) is 0.171. The Morgan fingerprint density at radius 1 is 1.07 bits per heavy atom. The molecule has 148 valence electrons. The van der Waals surface area contributed by atoms with Crippen molar-refractivity contribution in [3.8, 4) is 17.2 Å². The van der Waals surface area contributed by atoms with Crippen LogP contribution in [-0.4, -0.2) is 39.7 Å². The first kappa shape index (κ1) is 19.5. The zero-order valence-corrected chi connectivity index (χ0v) is 16.4. The number of para-hydroxylation sites is 1. The topological polar surface area (TPSA) is 77.1 Å². The number of carbonyl (C=O) groups is 2. The van der Waals surface area contributed by atoms with E-state index in [0.29, 0.717) is 29.5 Å². The number of hydrogen-bond acceptors (Lipinski definition) is 5. The standard InChI is InChI=1S/C21H24N2O5/c1-13-7-5-6-8-16(13)23-12-14(9-19(23)24)21(25)22-15-10-17(26-2)20(28-4)18(11-15)27-3/h5-8,10-11,14H,9,12H2,1-4H3,(H,22,25)/t14-/m1/s1. The molecule has 0 unspecified atom stereocenters. The van der Waals surface area contributed by atoms with Gasteiger partial charge in [0.25, 0.3) is 0 Å². The zero-order chi connectivity index (χ0) is 20.3. The summed E-state index contributed by atoms with van der Waals surface area (Å²) in [6, 6.07) is 11.0. The summed E-state index contributed by atoms with van der Waals surface area (Å²) in [7, 11) is 4.54. The largest absolute Gasteiger partial charge is 0.493 e. The molecule has 2 amide bonds. The number of hydrogen-bond donors (Lipinski definition) is 1. The third-order valence-electron chi connectivity index (χ3n) is 4.83. The van der Waals surface area contributed by atoms with Gasteiger partial charge in [-0.3, -0.25) is 9.59 Å². The third-order valence-corrected chi connectivity index (χ3v) is 4.83. The molecule has 0 aliphatic carbocycles. The lowest BCUT2D eigenvalue weighted by Gasteiger charge is -2.19. The minimum atomic E-state index is -0.439. The number of amides is 2. The molecular weight excluding hydrogens is 360 g/mol. The maximum atomic E-state index is 12.8. The average molecular weight is 384 g/mol. The van der Waals surface area contributed by atoms with E-state index in [-0.39, 0.29) is 18.2 Å². The van der Waals surface area contributed by atoms with E-state index >= 15 is 0 Å². The highest BCUT2D eigenvalue weighted by atomic mass is 16.5. The van der Waals surface area contributed by atoms with E-state index in [1.54, 1.807) is 17.0 Å². The van der Waals surface area contributed by atoms with E-state index in [4.69, 9.17) is 14.2 Å². The van der Waals surface area contributed by atoms with Crippen LogP contribution in [0.15, 0.2) is 36.4 Å². The molecule has 0 radical (unpaired) electrons. The van der Waals surface area contributed by atoms with Gasteiger partial charge in [0, 0.05) is 36.5 Å². The van der Waals surface area contributed by atoms with Crippen LogP contribution in [0.3, 0.4) is 0 Å². The first-order valence-electron chi connectivity index (χ1n) is 8.95. The monoisotopic (exact) mass is 384 g/mol. The molecule has 7 nitrogen and oxygen atoms in total. The Morgan fingerprint density at radius 3 is 2.29 bits per heavy atom. The quantitative estimate of drug-likeness (QED) is 0.828. The highest BCUT2D eigenvalue weighted by Gasteiger charge is 2.35. The van der Waals surface area contributed by atoms with Crippen LogP contribution >= 0.6 is 0 Å². The van der Waals surface area contributed by atoms with Gasteiger partial charge in [-0.1, -0.05) is 18.2 Å². The summed E-state index contributed by atoms with van der Waals surface area (Å²) in [6.45, 7) is 2.30. The smallest absolute Gasteiger partial charge is 0.229 e. The molecule has 1 aliphatic heterocycles.